The molecule has 0 aromatic heterocycles. The van der Waals surface area contributed by atoms with Gasteiger partial charge in [0.15, 0.2) is 6.16 Å². The molecule has 0 fully saturated rings. The first-order valence-electron chi connectivity index (χ1n) is 6.17. The Bertz CT molecular complexity index is 428. The van der Waals surface area contributed by atoms with E-state index in [1.807, 2.05) is 19.1 Å². The minimum absolute atomic E-state index is 0. The summed E-state index contributed by atoms with van der Waals surface area (Å²) < 4.78 is 11.1. The SMILES string of the molecule is Br.CC(N)(c1ccc(Cl)cc1)C(CCCO)C[P+](=O)O. The van der Waals surface area contributed by atoms with Gasteiger partial charge in [-0.1, -0.05) is 23.7 Å². The summed E-state index contributed by atoms with van der Waals surface area (Å²) >= 11 is 5.85. The molecule has 0 saturated heterocycles. The standard InChI is InChI=1S/C13H19ClNO3P.BrH/c1-13(15,10-4-6-12(14)7-5-10)11(3-2-8-16)9-19(17)18;/h4-7,11,16H,2-3,8-9,15H2,1H3;1H/p+1. The van der Waals surface area contributed by atoms with Crippen molar-refractivity contribution in [1.82, 2.24) is 0 Å². The van der Waals surface area contributed by atoms with E-state index in [2.05, 4.69) is 0 Å². The van der Waals surface area contributed by atoms with Crippen molar-refractivity contribution in [3.8, 4) is 0 Å². The Morgan fingerprint density at radius 2 is 1.95 bits per heavy atom. The van der Waals surface area contributed by atoms with Crippen LogP contribution in [0, 0.1) is 5.92 Å². The lowest BCUT2D eigenvalue weighted by Crippen LogP contribution is -2.42. The third-order valence-electron chi connectivity index (χ3n) is 3.40. The summed E-state index contributed by atoms with van der Waals surface area (Å²) in [5.41, 5.74) is 6.50. The molecular weight excluding hydrogens is 364 g/mol. The topological polar surface area (TPSA) is 83.5 Å². The van der Waals surface area contributed by atoms with E-state index in [0.717, 1.165) is 5.56 Å². The predicted molar refractivity (Wildman–Crippen MR) is 87.8 cm³/mol. The summed E-state index contributed by atoms with van der Waals surface area (Å²) in [6.07, 6.45) is 1.30. The molecule has 114 valence electrons. The minimum atomic E-state index is -2.25. The lowest BCUT2D eigenvalue weighted by atomic mass is 9.79. The lowest BCUT2D eigenvalue weighted by molar-refractivity contribution is 0.242. The van der Waals surface area contributed by atoms with Gasteiger partial charge in [0, 0.05) is 23.1 Å². The number of hydrogen-bond acceptors (Lipinski definition) is 3. The summed E-state index contributed by atoms with van der Waals surface area (Å²) in [5, 5.41) is 9.55. The van der Waals surface area contributed by atoms with Crippen LogP contribution in [0.5, 0.6) is 0 Å². The normalized spacial score (nSPS) is 15.9. The van der Waals surface area contributed by atoms with Crippen molar-refractivity contribution in [2.24, 2.45) is 11.7 Å². The number of aliphatic hydroxyl groups is 1. The molecule has 0 spiro atoms. The van der Waals surface area contributed by atoms with Crippen LogP contribution in [0.1, 0.15) is 25.3 Å². The van der Waals surface area contributed by atoms with Crippen LogP contribution >= 0.6 is 36.6 Å². The average molecular weight is 386 g/mol. The largest absolute Gasteiger partial charge is 0.505 e. The number of rotatable bonds is 7. The van der Waals surface area contributed by atoms with Gasteiger partial charge in [0.2, 0.25) is 0 Å². The van der Waals surface area contributed by atoms with Crippen molar-refractivity contribution in [1.29, 1.82) is 0 Å². The summed E-state index contributed by atoms with van der Waals surface area (Å²) in [7, 11) is -2.25. The fraction of sp³-hybridized carbons (Fsp3) is 0.538. The van der Waals surface area contributed by atoms with Crippen LogP contribution in [0.15, 0.2) is 24.3 Å². The molecule has 0 aliphatic heterocycles. The first-order valence-corrected chi connectivity index (χ1v) is 7.94. The van der Waals surface area contributed by atoms with Gasteiger partial charge in [-0.15, -0.1) is 17.0 Å². The molecule has 20 heavy (non-hydrogen) atoms. The molecule has 1 rings (SSSR count). The molecule has 7 heteroatoms. The van der Waals surface area contributed by atoms with Crippen LogP contribution in [0.2, 0.25) is 5.02 Å². The Balaban J connectivity index is 0.00000361. The van der Waals surface area contributed by atoms with Gasteiger partial charge < -0.3 is 10.8 Å². The van der Waals surface area contributed by atoms with E-state index in [4.69, 9.17) is 27.3 Å². The van der Waals surface area contributed by atoms with E-state index in [1.54, 1.807) is 12.1 Å². The number of halogens is 2. The monoisotopic (exact) mass is 384 g/mol. The Kier molecular flexibility index (Phi) is 9.07. The maximum Gasteiger partial charge on any atom is 0.505 e. The molecule has 0 radical (unpaired) electrons. The van der Waals surface area contributed by atoms with E-state index in [-0.39, 0.29) is 35.7 Å². The zero-order chi connectivity index (χ0) is 14.5. The van der Waals surface area contributed by atoms with E-state index in [1.165, 1.54) is 0 Å². The van der Waals surface area contributed by atoms with Gasteiger partial charge in [0.1, 0.15) is 0 Å². The van der Waals surface area contributed by atoms with E-state index in [9.17, 15) is 4.57 Å². The molecule has 3 unspecified atom stereocenters. The molecule has 3 atom stereocenters. The predicted octanol–water partition coefficient (Wildman–Crippen LogP) is 3.22. The molecule has 4 nitrogen and oxygen atoms in total. The summed E-state index contributed by atoms with van der Waals surface area (Å²) in [4.78, 5) is 9.15. The fourth-order valence-corrected chi connectivity index (χ4v) is 3.22. The molecule has 0 amide bonds. The van der Waals surface area contributed by atoms with Crippen molar-refractivity contribution in [3.63, 3.8) is 0 Å². The van der Waals surface area contributed by atoms with E-state index in [0.29, 0.717) is 17.9 Å². The number of aliphatic hydroxyl groups excluding tert-OH is 1. The van der Waals surface area contributed by atoms with E-state index < -0.39 is 13.6 Å². The van der Waals surface area contributed by atoms with Crippen LogP contribution < -0.4 is 5.73 Å². The van der Waals surface area contributed by atoms with Crippen molar-refractivity contribution in [3.05, 3.63) is 34.9 Å². The van der Waals surface area contributed by atoms with Gasteiger partial charge in [-0.05, 0) is 42.0 Å². The van der Waals surface area contributed by atoms with Crippen LogP contribution in [-0.2, 0) is 10.1 Å². The molecular formula is C13H21BrClNO3P+. The van der Waals surface area contributed by atoms with Gasteiger partial charge in [-0.25, -0.2) is 0 Å². The molecule has 1 aromatic carbocycles. The third kappa shape index (κ3) is 5.76. The van der Waals surface area contributed by atoms with Crippen LogP contribution in [0.4, 0.5) is 0 Å². The molecule has 1 aromatic rings. The molecule has 0 aliphatic rings. The zero-order valence-electron chi connectivity index (χ0n) is 11.3. The average Bonchev–Trinajstić information content (AvgIpc) is 2.34. The van der Waals surface area contributed by atoms with Gasteiger partial charge >= 0.3 is 8.03 Å². The quantitative estimate of drug-likeness (QED) is 0.629. The summed E-state index contributed by atoms with van der Waals surface area (Å²) in [5.74, 6) is -0.172. The smallest absolute Gasteiger partial charge is 0.396 e. The highest BCUT2D eigenvalue weighted by Crippen LogP contribution is 2.35. The highest BCUT2D eigenvalue weighted by molar-refractivity contribution is 8.93. The second-order valence-electron chi connectivity index (χ2n) is 4.89. The maximum absolute atomic E-state index is 11.1. The Morgan fingerprint density at radius 1 is 1.40 bits per heavy atom. The van der Waals surface area contributed by atoms with Gasteiger partial charge in [-0.2, -0.15) is 4.89 Å². The van der Waals surface area contributed by atoms with Gasteiger partial charge in [-0.3, -0.25) is 0 Å². The molecule has 0 aliphatic carbocycles. The molecule has 0 bridgehead atoms. The van der Waals surface area contributed by atoms with Gasteiger partial charge in [0.05, 0.1) is 0 Å². The van der Waals surface area contributed by atoms with Crippen LogP contribution in [0.3, 0.4) is 0 Å². The lowest BCUT2D eigenvalue weighted by Gasteiger charge is -2.32. The number of hydrogen-bond donors (Lipinski definition) is 3. The summed E-state index contributed by atoms with van der Waals surface area (Å²) in [6, 6.07) is 7.17. The Hall–Kier alpha value is -0.0300. The second-order valence-corrected chi connectivity index (χ2v) is 6.39. The molecule has 4 N–H and O–H groups in total. The number of nitrogens with two attached hydrogens (primary N) is 1. The Labute approximate surface area is 136 Å². The first-order chi connectivity index (χ1) is 8.87. The second kappa shape index (κ2) is 9.08. The molecule has 0 saturated carbocycles. The highest BCUT2D eigenvalue weighted by atomic mass is 79.9. The van der Waals surface area contributed by atoms with Crippen LogP contribution in [0.25, 0.3) is 0 Å². The third-order valence-corrected chi connectivity index (χ3v) is 4.41. The van der Waals surface area contributed by atoms with Gasteiger partial charge in [0.25, 0.3) is 0 Å². The minimum Gasteiger partial charge on any atom is -0.396 e. The van der Waals surface area contributed by atoms with Crippen molar-refractivity contribution in [2.45, 2.75) is 25.3 Å². The zero-order valence-corrected chi connectivity index (χ0v) is 14.7. The first kappa shape index (κ1) is 20.0. The van der Waals surface area contributed by atoms with E-state index >= 15 is 0 Å². The number of benzene rings is 1. The molecule has 0 heterocycles. The van der Waals surface area contributed by atoms with Crippen LogP contribution in [-0.4, -0.2) is 22.8 Å². The summed E-state index contributed by atoms with van der Waals surface area (Å²) in [6.45, 7) is 1.90. The van der Waals surface area contributed by atoms with Crippen molar-refractivity contribution >= 4 is 36.6 Å². The Morgan fingerprint density at radius 3 is 2.40 bits per heavy atom. The van der Waals surface area contributed by atoms with Crippen molar-refractivity contribution < 1.29 is 14.6 Å². The fourth-order valence-electron chi connectivity index (χ4n) is 2.15. The van der Waals surface area contributed by atoms with Crippen molar-refractivity contribution in [2.75, 3.05) is 12.8 Å². The maximum atomic E-state index is 11.1. The highest BCUT2D eigenvalue weighted by Gasteiger charge is 2.36.